The van der Waals surface area contributed by atoms with Crippen LogP contribution in [0.5, 0.6) is 11.5 Å². The summed E-state index contributed by atoms with van der Waals surface area (Å²) in [6, 6.07) is 6.52. The van der Waals surface area contributed by atoms with Crippen molar-refractivity contribution in [3.63, 3.8) is 0 Å². The van der Waals surface area contributed by atoms with Gasteiger partial charge in [0.2, 0.25) is 0 Å². The second-order valence-corrected chi connectivity index (χ2v) is 8.34. The molecule has 2 N–H and O–H groups in total. The zero-order valence-electron chi connectivity index (χ0n) is 19.0. The van der Waals surface area contributed by atoms with Crippen LogP contribution in [0.1, 0.15) is 37.7 Å². The van der Waals surface area contributed by atoms with E-state index in [2.05, 4.69) is 37.6 Å². The minimum Gasteiger partial charge on any atom is -0.497 e. The second-order valence-electron chi connectivity index (χ2n) is 8.34. The summed E-state index contributed by atoms with van der Waals surface area (Å²) in [5, 5.41) is 7.08. The Morgan fingerprint density at radius 3 is 2.43 bits per heavy atom. The Kier molecular flexibility index (Phi) is 9.08. The first-order valence-corrected chi connectivity index (χ1v) is 11.3. The van der Waals surface area contributed by atoms with Crippen LogP contribution in [0.15, 0.2) is 23.2 Å². The van der Waals surface area contributed by atoms with Crippen molar-refractivity contribution in [1.29, 1.82) is 0 Å². The number of guanidine groups is 1. The van der Waals surface area contributed by atoms with Crippen molar-refractivity contribution in [2.24, 2.45) is 4.99 Å². The summed E-state index contributed by atoms with van der Waals surface area (Å²) in [5.41, 5.74) is 1.22. The van der Waals surface area contributed by atoms with Gasteiger partial charge in [-0.2, -0.15) is 0 Å². The Hall–Kier alpha value is -1.99. The lowest BCUT2D eigenvalue weighted by Crippen LogP contribution is -2.44. The molecule has 0 saturated carbocycles. The van der Waals surface area contributed by atoms with Crippen LogP contribution in [0.2, 0.25) is 0 Å². The fraction of sp³-hybridized carbons (Fsp3) is 0.696. The first-order valence-electron chi connectivity index (χ1n) is 11.3. The molecule has 0 aliphatic carbocycles. The summed E-state index contributed by atoms with van der Waals surface area (Å²) in [6.45, 7) is 7.77. The van der Waals surface area contributed by atoms with Crippen LogP contribution < -0.4 is 20.1 Å². The SMILES string of the molecule is CN=C(NCCCCN1CCCC1)NC1CCN(Cc2cc(OC)cc(OC)c2)C1. The number of likely N-dealkylation sites (tertiary alicyclic amines) is 2. The van der Waals surface area contributed by atoms with E-state index in [4.69, 9.17) is 9.47 Å². The number of hydrogen-bond acceptors (Lipinski definition) is 5. The predicted molar refractivity (Wildman–Crippen MR) is 123 cm³/mol. The lowest BCUT2D eigenvalue weighted by Gasteiger charge is -2.20. The van der Waals surface area contributed by atoms with Crippen LogP contribution in [0.3, 0.4) is 0 Å². The van der Waals surface area contributed by atoms with Crippen LogP contribution in [0, 0.1) is 0 Å². The highest BCUT2D eigenvalue weighted by Crippen LogP contribution is 2.24. The third-order valence-electron chi connectivity index (χ3n) is 6.05. The summed E-state index contributed by atoms with van der Waals surface area (Å²) in [4.78, 5) is 9.46. The zero-order chi connectivity index (χ0) is 21.2. The van der Waals surface area contributed by atoms with Gasteiger partial charge in [-0.05, 0) is 69.4 Å². The molecule has 0 spiro atoms. The molecule has 1 aromatic carbocycles. The summed E-state index contributed by atoms with van der Waals surface area (Å²) < 4.78 is 10.8. The van der Waals surface area contributed by atoms with Crippen molar-refractivity contribution in [3.05, 3.63) is 23.8 Å². The minimum atomic E-state index is 0.424. The number of rotatable bonds is 10. The fourth-order valence-corrected chi connectivity index (χ4v) is 4.37. The second kappa shape index (κ2) is 12.0. The molecular formula is C23H39N5O2. The maximum absolute atomic E-state index is 5.40. The molecule has 1 unspecified atom stereocenters. The first kappa shape index (κ1) is 22.7. The van der Waals surface area contributed by atoms with E-state index in [9.17, 15) is 0 Å². The minimum absolute atomic E-state index is 0.424. The predicted octanol–water partition coefficient (Wildman–Crippen LogP) is 2.32. The maximum atomic E-state index is 5.40. The Morgan fingerprint density at radius 2 is 1.77 bits per heavy atom. The van der Waals surface area contributed by atoms with Gasteiger partial charge < -0.3 is 25.0 Å². The summed E-state index contributed by atoms with van der Waals surface area (Å²) in [6.07, 6.45) is 6.31. The topological polar surface area (TPSA) is 61.4 Å². The van der Waals surface area contributed by atoms with Crippen LogP contribution in [0.4, 0.5) is 0 Å². The number of unbranched alkanes of at least 4 members (excludes halogenated alkanes) is 1. The largest absolute Gasteiger partial charge is 0.497 e. The van der Waals surface area contributed by atoms with Gasteiger partial charge in [0.05, 0.1) is 14.2 Å². The highest BCUT2D eigenvalue weighted by atomic mass is 16.5. The van der Waals surface area contributed by atoms with Crippen LogP contribution in [-0.2, 0) is 6.54 Å². The van der Waals surface area contributed by atoms with E-state index in [1.807, 2.05) is 13.1 Å². The molecule has 2 aliphatic heterocycles. The molecule has 3 rings (SSSR count). The average Bonchev–Trinajstić information content (AvgIpc) is 3.44. The lowest BCUT2D eigenvalue weighted by molar-refractivity contribution is 0.321. The van der Waals surface area contributed by atoms with Crippen molar-refractivity contribution in [1.82, 2.24) is 20.4 Å². The Bertz CT molecular complexity index is 653. The number of nitrogens with zero attached hydrogens (tertiary/aromatic N) is 3. The molecule has 1 aromatic rings. The van der Waals surface area contributed by atoms with Crippen LogP contribution in [-0.4, -0.2) is 82.3 Å². The number of aliphatic imine (C=N–C) groups is 1. The molecule has 0 bridgehead atoms. The maximum Gasteiger partial charge on any atom is 0.191 e. The molecular weight excluding hydrogens is 378 g/mol. The van der Waals surface area contributed by atoms with E-state index in [1.165, 1.54) is 50.9 Å². The van der Waals surface area contributed by atoms with E-state index >= 15 is 0 Å². The third kappa shape index (κ3) is 7.06. The van der Waals surface area contributed by atoms with Gasteiger partial charge in [-0.15, -0.1) is 0 Å². The first-order chi connectivity index (χ1) is 14.7. The third-order valence-corrected chi connectivity index (χ3v) is 6.05. The molecule has 0 aromatic heterocycles. The lowest BCUT2D eigenvalue weighted by atomic mass is 10.2. The average molecular weight is 418 g/mol. The van der Waals surface area contributed by atoms with Gasteiger partial charge in [-0.1, -0.05) is 0 Å². The van der Waals surface area contributed by atoms with Crippen molar-refractivity contribution >= 4 is 5.96 Å². The molecule has 2 fully saturated rings. The van der Waals surface area contributed by atoms with Crippen molar-refractivity contribution in [2.45, 2.75) is 44.7 Å². The number of hydrogen-bond donors (Lipinski definition) is 2. The summed E-state index contributed by atoms with van der Waals surface area (Å²) in [5.74, 6) is 2.60. The van der Waals surface area contributed by atoms with Crippen molar-refractivity contribution in [2.75, 3.05) is 60.5 Å². The van der Waals surface area contributed by atoms with Gasteiger partial charge in [0, 0.05) is 45.3 Å². The van der Waals surface area contributed by atoms with Gasteiger partial charge >= 0.3 is 0 Å². The molecule has 0 amide bonds. The van der Waals surface area contributed by atoms with Crippen molar-refractivity contribution in [3.8, 4) is 11.5 Å². The Balaban J connectivity index is 1.37. The summed E-state index contributed by atoms with van der Waals surface area (Å²) >= 11 is 0. The van der Waals surface area contributed by atoms with Crippen molar-refractivity contribution < 1.29 is 9.47 Å². The number of nitrogens with one attached hydrogen (secondary N) is 2. The van der Waals surface area contributed by atoms with Crippen LogP contribution in [0.25, 0.3) is 0 Å². The number of methoxy groups -OCH3 is 2. The van der Waals surface area contributed by atoms with E-state index in [0.29, 0.717) is 6.04 Å². The van der Waals surface area contributed by atoms with E-state index in [-0.39, 0.29) is 0 Å². The highest BCUT2D eigenvalue weighted by Gasteiger charge is 2.23. The summed E-state index contributed by atoms with van der Waals surface area (Å²) in [7, 11) is 5.24. The normalized spacial score (nSPS) is 20.5. The van der Waals surface area contributed by atoms with Gasteiger partial charge in [-0.25, -0.2) is 0 Å². The molecule has 0 radical (unpaired) electrons. The molecule has 2 heterocycles. The molecule has 2 saturated heterocycles. The zero-order valence-corrected chi connectivity index (χ0v) is 19.0. The van der Waals surface area contributed by atoms with Gasteiger partial charge in [0.1, 0.15) is 11.5 Å². The molecule has 7 nitrogen and oxygen atoms in total. The fourth-order valence-electron chi connectivity index (χ4n) is 4.37. The molecule has 30 heavy (non-hydrogen) atoms. The van der Waals surface area contributed by atoms with E-state index < -0.39 is 0 Å². The number of benzene rings is 1. The van der Waals surface area contributed by atoms with E-state index in [0.717, 1.165) is 50.1 Å². The standard InChI is InChI=1S/C23H39N5O2/c1-24-23(25-9-4-5-10-27-11-6-7-12-27)26-20-8-13-28(18-20)17-19-14-21(29-2)16-22(15-19)30-3/h14-16,20H,4-13,17-18H2,1-3H3,(H2,24,25,26). The number of ether oxygens (including phenoxy) is 2. The molecule has 168 valence electrons. The molecule has 7 heteroatoms. The van der Waals surface area contributed by atoms with Gasteiger partial charge in [0.25, 0.3) is 0 Å². The van der Waals surface area contributed by atoms with Gasteiger partial charge in [0.15, 0.2) is 5.96 Å². The smallest absolute Gasteiger partial charge is 0.191 e. The monoisotopic (exact) mass is 417 g/mol. The quantitative estimate of drug-likeness (QED) is 0.346. The van der Waals surface area contributed by atoms with E-state index in [1.54, 1.807) is 14.2 Å². The van der Waals surface area contributed by atoms with Crippen LogP contribution >= 0.6 is 0 Å². The molecule has 1 atom stereocenters. The highest BCUT2D eigenvalue weighted by molar-refractivity contribution is 5.79. The molecule has 2 aliphatic rings. The Labute approximate surface area is 181 Å². The Morgan fingerprint density at radius 1 is 1.03 bits per heavy atom. The van der Waals surface area contributed by atoms with Gasteiger partial charge in [-0.3, -0.25) is 9.89 Å².